The number of hydrogen-bond acceptors (Lipinski definition) is 5. The van der Waals surface area contributed by atoms with Gasteiger partial charge in [0.2, 0.25) is 11.8 Å². The van der Waals surface area contributed by atoms with E-state index in [4.69, 9.17) is 9.47 Å². The molecule has 1 aromatic heterocycles. The number of aromatic nitrogens is 2. The van der Waals surface area contributed by atoms with Crippen LogP contribution in [0.1, 0.15) is 18.9 Å². The van der Waals surface area contributed by atoms with Gasteiger partial charge in [-0.05, 0) is 17.9 Å². The van der Waals surface area contributed by atoms with Crippen LogP contribution in [-0.4, -0.2) is 36.3 Å². The van der Waals surface area contributed by atoms with Crippen molar-refractivity contribution in [1.29, 1.82) is 0 Å². The van der Waals surface area contributed by atoms with Crippen molar-refractivity contribution in [2.45, 2.75) is 26.1 Å². The molecule has 0 amide bonds. The fourth-order valence-corrected chi connectivity index (χ4v) is 2.82. The van der Waals surface area contributed by atoms with E-state index in [1.54, 1.807) is 19.4 Å². The minimum absolute atomic E-state index is 0.223. The Kier molecular flexibility index (Phi) is 5.08. The zero-order valence-electron chi connectivity index (χ0n) is 13.7. The Morgan fingerprint density at radius 3 is 2.83 bits per heavy atom. The molecule has 1 fully saturated rings. The number of ether oxygens (including phenoxy) is 2. The van der Waals surface area contributed by atoms with Crippen molar-refractivity contribution in [2.24, 2.45) is 5.92 Å². The minimum Gasteiger partial charge on any atom is -0.473 e. The van der Waals surface area contributed by atoms with Gasteiger partial charge in [-0.15, -0.1) is 0 Å². The van der Waals surface area contributed by atoms with E-state index in [0.29, 0.717) is 24.4 Å². The van der Waals surface area contributed by atoms with Crippen LogP contribution < -0.4 is 9.64 Å². The molecule has 2 atom stereocenters. The van der Waals surface area contributed by atoms with Crippen LogP contribution in [0.25, 0.3) is 0 Å². The van der Waals surface area contributed by atoms with E-state index in [9.17, 15) is 0 Å². The Hall–Kier alpha value is -2.14. The quantitative estimate of drug-likeness (QED) is 0.849. The number of methoxy groups -OCH3 is 1. The van der Waals surface area contributed by atoms with Gasteiger partial charge in [0.25, 0.3) is 0 Å². The molecule has 5 nitrogen and oxygen atoms in total. The van der Waals surface area contributed by atoms with Crippen molar-refractivity contribution in [3.63, 3.8) is 0 Å². The SMILES string of the molecule is COC1CN(c2nccc(OCc3ccccc3)n2)CCC1C. The van der Waals surface area contributed by atoms with Gasteiger partial charge in [0.05, 0.1) is 6.10 Å². The summed E-state index contributed by atoms with van der Waals surface area (Å²) < 4.78 is 11.4. The molecule has 2 aromatic rings. The van der Waals surface area contributed by atoms with E-state index in [1.807, 2.05) is 30.3 Å². The zero-order chi connectivity index (χ0) is 16.1. The summed E-state index contributed by atoms with van der Waals surface area (Å²) in [6.45, 7) is 4.50. The van der Waals surface area contributed by atoms with Crippen LogP contribution in [-0.2, 0) is 11.3 Å². The third kappa shape index (κ3) is 3.99. The third-order valence-corrected chi connectivity index (χ3v) is 4.32. The Bertz CT molecular complexity index is 621. The summed E-state index contributed by atoms with van der Waals surface area (Å²) in [4.78, 5) is 11.1. The molecule has 0 N–H and O–H groups in total. The van der Waals surface area contributed by atoms with Gasteiger partial charge in [-0.25, -0.2) is 4.98 Å². The summed E-state index contributed by atoms with van der Waals surface area (Å²) in [5.41, 5.74) is 1.12. The molecule has 0 spiro atoms. The first kappa shape index (κ1) is 15.7. The second-order valence-electron chi connectivity index (χ2n) is 5.96. The molecule has 0 saturated carbocycles. The van der Waals surface area contributed by atoms with Crippen molar-refractivity contribution >= 4 is 5.95 Å². The summed E-state index contributed by atoms with van der Waals surface area (Å²) in [5, 5.41) is 0. The highest BCUT2D eigenvalue weighted by atomic mass is 16.5. The van der Waals surface area contributed by atoms with Gasteiger partial charge < -0.3 is 14.4 Å². The highest BCUT2D eigenvalue weighted by Crippen LogP contribution is 2.23. The van der Waals surface area contributed by atoms with Crippen molar-refractivity contribution in [3.05, 3.63) is 48.2 Å². The molecule has 1 aliphatic rings. The van der Waals surface area contributed by atoms with E-state index in [1.165, 1.54) is 0 Å². The summed E-state index contributed by atoms with van der Waals surface area (Å²) in [6.07, 6.45) is 3.06. The number of hydrogen-bond donors (Lipinski definition) is 0. The topological polar surface area (TPSA) is 47.5 Å². The van der Waals surface area contributed by atoms with Crippen molar-refractivity contribution < 1.29 is 9.47 Å². The molecule has 3 rings (SSSR count). The van der Waals surface area contributed by atoms with Crippen LogP contribution in [0.5, 0.6) is 5.88 Å². The van der Waals surface area contributed by atoms with Gasteiger partial charge >= 0.3 is 0 Å². The second kappa shape index (κ2) is 7.42. The monoisotopic (exact) mass is 313 g/mol. The number of anilines is 1. The lowest BCUT2D eigenvalue weighted by Crippen LogP contribution is -2.44. The third-order valence-electron chi connectivity index (χ3n) is 4.32. The lowest BCUT2D eigenvalue weighted by Gasteiger charge is -2.36. The average Bonchev–Trinajstić information content (AvgIpc) is 2.61. The summed E-state index contributed by atoms with van der Waals surface area (Å²) in [5.74, 6) is 1.88. The molecule has 23 heavy (non-hydrogen) atoms. The lowest BCUT2D eigenvalue weighted by atomic mass is 9.96. The van der Waals surface area contributed by atoms with Crippen LogP contribution in [0.3, 0.4) is 0 Å². The van der Waals surface area contributed by atoms with Gasteiger partial charge in [-0.2, -0.15) is 4.98 Å². The first-order valence-corrected chi connectivity index (χ1v) is 8.04. The van der Waals surface area contributed by atoms with Gasteiger partial charge in [-0.1, -0.05) is 37.3 Å². The maximum absolute atomic E-state index is 5.79. The Balaban J connectivity index is 1.65. The molecule has 122 valence electrons. The lowest BCUT2D eigenvalue weighted by molar-refractivity contribution is 0.0494. The number of piperidine rings is 1. The van der Waals surface area contributed by atoms with E-state index in [0.717, 1.165) is 25.1 Å². The number of rotatable bonds is 5. The Morgan fingerprint density at radius 2 is 2.04 bits per heavy atom. The average molecular weight is 313 g/mol. The largest absolute Gasteiger partial charge is 0.473 e. The predicted molar refractivity (Wildman–Crippen MR) is 89.6 cm³/mol. The van der Waals surface area contributed by atoms with E-state index in [2.05, 4.69) is 21.8 Å². The first-order valence-electron chi connectivity index (χ1n) is 8.04. The summed E-state index contributed by atoms with van der Waals surface area (Å²) in [7, 11) is 1.77. The molecule has 2 heterocycles. The number of nitrogens with zero attached hydrogens (tertiary/aromatic N) is 3. The maximum atomic E-state index is 5.79. The Morgan fingerprint density at radius 1 is 1.22 bits per heavy atom. The van der Waals surface area contributed by atoms with Crippen molar-refractivity contribution in [2.75, 3.05) is 25.1 Å². The van der Waals surface area contributed by atoms with E-state index >= 15 is 0 Å². The molecule has 0 bridgehead atoms. The van der Waals surface area contributed by atoms with Crippen molar-refractivity contribution in [3.8, 4) is 5.88 Å². The summed E-state index contributed by atoms with van der Waals surface area (Å²) in [6, 6.07) is 11.9. The van der Waals surface area contributed by atoms with Crippen molar-refractivity contribution in [1.82, 2.24) is 9.97 Å². The second-order valence-corrected chi connectivity index (χ2v) is 5.96. The Labute approximate surface area is 137 Å². The molecule has 5 heteroatoms. The maximum Gasteiger partial charge on any atom is 0.228 e. The molecule has 1 aliphatic heterocycles. The molecule has 1 saturated heterocycles. The molecular weight excluding hydrogens is 290 g/mol. The van der Waals surface area contributed by atoms with Gasteiger partial charge in [0, 0.05) is 32.5 Å². The highest BCUT2D eigenvalue weighted by molar-refractivity contribution is 5.33. The molecule has 1 aromatic carbocycles. The minimum atomic E-state index is 0.223. The van der Waals surface area contributed by atoms with E-state index < -0.39 is 0 Å². The van der Waals surface area contributed by atoms with Crippen LogP contribution >= 0.6 is 0 Å². The molecule has 0 aliphatic carbocycles. The normalized spacial score (nSPS) is 21.2. The molecule has 2 unspecified atom stereocenters. The van der Waals surface area contributed by atoms with Gasteiger partial charge in [-0.3, -0.25) is 0 Å². The first-order chi connectivity index (χ1) is 11.3. The van der Waals surface area contributed by atoms with Crippen LogP contribution in [0, 0.1) is 5.92 Å². The molecule has 0 radical (unpaired) electrons. The van der Waals surface area contributed by atoms with Gasteiger partial charge in [0.1, 0.15) is 6.61 Å². The molecular formula is C18H23N3O2. The van der Waals surface area contributed by atoms with E-state index in [-0.39, 0.29) is 6.10 Å². The van der Waals surface area contributed by atoms with Crippen LogP contribution in [0.15, 0.2) is 42.6 Å². The summed E-state index contributed by atoms with van der Waals surface area (Å²) >= 11 is 0. The zero-order valence-corrected chi connectivity index (χ0v) is 13.7. The predicted octanol–water partition coefficient (Wildman–Crippen LogP) is 2.92. The van der Waals surface area contributed by atoms with Crippen LogP contribution in [0.2, 0.25) is 0 Å². The standard InChI is InChI=1S/C18H23N3O2/c1-14-9-11-21(12-16(14)22-2)18-19-10-8-17(20-18)23-13-15-6-4-3-5-7-15/h3-8,10,14,16H,9,11-13H2,1-2H3. The van der Waals surface area contributed by atoms with Crippen LogP contribution in [0.4, 0.5) is 5.95 Å². The number of benzene rings is 1. The smallest absolute Gasteiger partial charge is 0.228 e. The highest BCUT2D eigenvalue weighted by Gasteiger charge is 2.27. The fraction of sp³-hybridized carbons (Fsp3) is 0.444. The van der Waals surface area contributed by atoms with Gasteiger partial charge in [0.15, 0.2) is 0 Å². The fourth-order valence-electron chi connectivity index (χ4n) is 2.82.